The minimum Gasteiger partial charge on any atom is -0.481 e. The Bertz CT molecular complexity index is 288. The van der Waals surface area contributed by atoms with Crippen molar-refractivity contribution in [1.82, 2.24) is 10.2 Å². The second kappa shape index (κ2) is 7.33. The third kappa shape index (κ3) is 4.62. The monoisotopic (exact) mass is 258 g/mol. The lowest BCUT2D eigenvalue weighted by Crippen LogP contribution is -2.45. The van der Waals surface area contributed by atoms with Gasteiger partial charge in [0.25, 0.3) is 0 Å². The van der Waals surface area contributed by atoms with E-state index in [4.69, 9.17) is 5.11 Å². The van der Waals surface area contributed by atoms with Crippen molar-refractivity contribution in [1.29, 1.82) is 0 Å². The van der Waals surface area contributed by atoms with Crippen LogP contribution in [0, 0.1) is 5.92 Å². The third-order valence-electron chi connectivity index (χ3n) is 3.32. The molecule has 0 spiro atoms. The summed E-state index contributed by atoms with van der Waals surface area (Å²) in [5, 5.41) is 21.1. The molecule has 0 saturated carbocycles. The number of carbonyl (C=O) groups is 2. The SMILES string of the molecule is CCC(O)CNCC(=O)N1CCC(C(=O)O)CC1. The summed E-state index contributed by atoms with van der Waals surface area (Å²) in [6.07, 6.45) is 1.29. The van der Waals surface area contributed by atoms with E-state index in [0.717, 1.165) is 0 Å². The van der Waals surface area contributed by atoms with E-state index >= 15 is 0 Å². The van der Waals surface area contributed by atoms with Crippen LogP contribution in [0.25, 0.3) is 0 Å². The van der Waals surface area contributed by atoms with E-state index < -0.39 is 12.1 Å². The van der Waals surface area contributed by atoms with Crippen molar-refractivity contribution in [3.8, 4) is 0 Å². The van der Waals surface area contributed by atoms with Gasteiger partial charge >= 0.3 is 5.97 Å². The van der Waals surface area contributed by atoms with E-state index in [1.54, 1.807) is 4.90 Å². The molecule has 1 rings (SSSR count). The van der Waals surface area contributed by atoms with Gasteiger partial charge in [0.15, 0.2) is 0 Å². The number of aliphatic hydroxyl groups is 1. The first kappa shape index (κ1) is 14.9. The molecule has 6 heteroatoms. The molecule has 0 bridgehead atoms. The molecule has 1 fully saturated rings. The van der Waals surface area contributed by atoms with Crippen LogP contribution < -0.4 is 5.32 Å². The Morgan fingerprint density at radius 2 is 2.00 bits per heavy atom. The average molecular weight is 258 g/mol. The highest BCUT2D eigenvalue weighted by Crippen LogP contribution is 2.16. The lowest BCUT2D eigenvalue weighted by atomic mass is 9.97. The van der Waals surface area contributed by atoms with Crippen molar-refractivity contribution in [3.63, 3.8) is 0 Å². The first-order valence-corrected chi connectivity index (χ1v) is 6.44. The van der Waals surface area contributed by atoms with Gasteiger partial charge in [-0.3, -0.25) is 9.59 Å². The normalized spacial score (nSPS) is 18.7. The molecule has 104 valence electrons. The zero-order chi connectivity index (χ0) is 13.5. The van der Waals surface area contributed by atoms with Crippen molar-refractivity contribution in [2.75, 3.05) is 26.2 Å². The van der Waals surface area contributed by atoms with Gasteiger partial charge in [-0.25, -0.2) is 0 Å². The van der Waals surface area contributed by atoms with Gasteiger partial charge in [0.1, 0.15) is 0 Å². The Balaban J connectivity index is 2.22. The number of nitrogens with one attached hydrogen (secondary N) is 1. The molecule has 0 aromatic carbocycles. The highest BCUT2D eigenvalue weighted by molar-refractivity contribution is 5.78. The number of aliphatic hydroxyl groups excluding tert-OH is 1. The summed E-state index contributed by atoms with van der Waals surface area (Å²) in [4.78, 5) is 24.2. The first-order valence-electron chi connectivity index (χ1n) is 6.44. The van der Waals surface area contributed by atoms with Crippen molar-refractivity contribution >= 4 is 11.9 Å². The fourth-order valence-electron chi connectivity index (χ4n) is 1.98. The summed E-state index contributed by atoms with van der Waals surface area (Å²) in [5.41, 5.74) is 0. The van der Waals surface area contributed by atoms with Gasteiger partial charge < -0.3 is 20.4 Å². The van der Waals surface area contributed by atoms with E-state index in [1.165, 1.54) is 0 Å². The number of carboxylic acids is 1. The summed E-state index contributed by atoms with van der Waals surface area (Å²) in [7, 11) is 0. The van der Waals surface area contributed by atoms with E-state index in [9.17, 15) is 14.7 Å². The number of hydrogen-bond donors (Lipinski definition) is 3. The number of amides is 1. The van der Waals surface area contributed by atoms with Gasteiger partial charge in [-0.1, -0.05) is 6.92 Å². The van der Waals surface area contributed by atoms with Crippen LogP contribution in [0.2, 0.25) is 0 Å². The fraction of sp³-hybridized carbons (Fsp3) is 0.833. The number of nitrogens with zero attached hydrogens (tertiary/aromatic N) is 1. The molecule has 1 heterocycles. The molecule has 1 saturated heterocycles. The number of carbonyl (C=O) groups excluding carboxylic acids is 1. The minimum atomic E-state index is -0.772. The van der Waals surface area contributed by atoms with E-state index in [2.05, 4.69) is 5.32 Å². The Morgan fingerprint density at radius 1 is 1.39 bits per heavy atom. The number of hydrogen-bond acceptors (Lipinski definition) is 4. The maximum atomic E-state index is 11.8. The van der Waals surface area contributed by atoms with E-state index in [0.29, 0.717) is 38.9 Å². The third-order valence-corrected chi connectivity index (χ3v) is 3.32. The van der Waals surface area contributed by atoms with Gasteiger partial charge in [0.05, 0.1) is 18.6 Å². The number of carboxylic acid groups (broad SMARTS) is 1. The fourth-order valence-corrected chi connectivity index (χ4v) is 1.98. The second-order valence-electron chi connectivity index (χ2n) is 4.69. The highest BCUT2D eigenvalue weighted by atomic mass is 16.4. The molecule has 18 heavy (non-hydrogen) atoms. The van der Waals surface area contributed by atoms with Crippen molar-refractivity contribution in [3.05, 3.63) is 0 Å². The van der Waals surface area contributed by atoms with Gasteiger partial charge in [0, 0.05) is 19.6 Å². The number of piperidine rings is 1. The smallest absolute Gasteiger partial charge is 0.306 e. The van der Waals surface area contributed by atoms with Crippen LogP contribution in [-0.4, -0.2) is 59.3 Å². The average Bonchev–Trinajstić information content (AvgIpc) is 2.38. The predicted octanol–water partition coefficient (Wildman–Crippen LogP) is -0.330. The van der Waals surface area contributed by atoms with Crippen LogP contribution in [0.5, 0.6) is 0 Å². The number of aliphatic carboxylic acids is 1. The van der Waals surface area contributed by atoms with Gasteiger partial charge in [-0.05, 0) is 19.3 Å². The van der Waals surface area contributed by atoms with Crippen molar-refractivity contribution in [2.24, 2.45) is 5.92 Å². The molecule has 3 N–H and O–H groups in total. The number of likely N-dealkylation sites (tertiary alicyclic amines) is 1. The first-order chi connectivity index (χ1) is 8.54. The zero-order valence-corrected chi connectivity index (χ0v) is 10.8. The molecule has 0 radical (unpaired) electrons. The predicted molar refractivity (Wildman–Crippen MR) is 66.1 cm³/mol. The van der Waals surface area contributed by atoms with E-state index in [1.807, 2.05) is 6.92 Å². The standard InChI is InChI=1S/C12H22N2O4/c1-2-10(15)7-13-8-11(16)14-5-3-9(4-6-14)12(17)18/h9-10,13,15H,2-8H2,1H3,(H,17,18). The topological polar surface area (TPSA) is 89.9 Å². The molecule has 1 amide bonds. The quantitative estimate of drug-likeness (QED) is 0.607. The molecule has 0 aliphatic carbocycles. The Kier molecular flexibility index (Phi) is 6.07. The largest absolute Gasteiger partial charge is 0.481 e. The Morgan fingerprint density at radius 3 is 2.50 bits per heavy atom. The molecule has 1 aliphatic rings. The summed E-state index contributed by atoms with van der Waals surface area (Å²) in [6.45, 7) is 3.51. The van der Waals surface area contributed by atoms with Crippen LogP contribution in [-0.2, 0) is 9.59 Å². The lowest BCUT2D eigenvalue weighted by molar-refractivity contribution is -0.145. The highest BCUT2D eigenvalue weighted by Gasteiger charge is 2.26. The van der Waals surface area contributed by atoms with Crippen molar-refractivity contribution in [2.45, 2.75) is 32.3 Å². The lowest BCUT2D eigenvalue weighted by Gasteiger charge is -2.30. The zero-order valence-electron chi connectivity index (χ0n) is 10.8. The summed E-state index contributed by atoms with van der Waals surface area (Å²) in [6, 6.07) is 0. The van der Waals surface area contributed by atoms with Crippen LogP contribution in [0.3, 0.4) is 0 Å². The maximum absolute atomic E-state index is 11.8. The molecule has 0 aromatic rings. The minimum absolute atomic E-state index is 0.0258. The molecule has 1 unspecified atom stereocenters. The number of rotatable bonds is 6. The van der Waals surface area contributed by atoms with Crippen LogP contribution in [0.1, 0.15) is 26.2 Å². The molecular weight excluding hydrogens is 236 g/mol. The Labute approximate surface area is 107 Å². The summed E-state index contributed by atoms with van der Waals surface area (Å²) in [5.74, 6) is -1.11. The van der Waals surface area contributed by atoms with Crippen LogP contribution in [0.4, 0.5) is 0 Å². The molecule has 6 nitrogen and oxygen atoms in total. The summed E-state index contributed by atoms with van der Waals surface area (Å²) < 4.78 is 0. The van der Waals surface area contributed by atoms with Crippen LogP contribution >= 0.6 is 0 Å². The van der Waals surface area contributed by atoms with Crippen molar-refractivity contribution < 1.29 is 19.8 Å². The maximum Gasteiger partial charge on any atom is 0.306 e. The van der Waals surface area contributed by atoms with E-state index in [-0.39, 0.29) is 18.4 Å². The molecule has 1 atom stereocenters. The van der Waals surface area contributed by atoms with Gasteiger partial charge in [0.2, 0.25) is 5.91 Å². The molecule has 0 aromatic heterocycles. The van der Waals surface area contributed by atoms with Crippen LogP contribution in [0.15, 0.2) is 0 Å². The molecule has 1 aliphatic heterocycles. The van der Waals surface area contributed by atoms with Gasteiger partial charge in [-0.2, -0.15) is 0 Å². The van der Waals surface area contributed by atoms with Gasteiger partial charge in [-0.15, -0.1) is 0 Å². The summed E-state index contributed by atoms with van der Waals surface area (Å²) >= 11 is 0. The second-order valence-corrected chi connectivity index (χ2v) is 4.69. The Hall–Kier alpha value is -1.14. The molecular formula is C12H22N2O4.